The third-order valence-electron chi connectivity index (χ3n) is 4.65. The first-order chi connectivity index (χ1) is 12.5. The monoisotopic (exact) mass is 357 g/mol. The van der Waals surface area contributed by atoms with E-state index < -0.39 is 6.04 Å². The van der Waals surface area contributed by atoms with E-state index in [2.05, 4.69) is 5.10 Å². The molecule has 3 rings (SSSR count). The van der Waals surface area contributed by atoms with E-state index in [-0.39, 0.29) is 11.5 Å². The zero-order chi connectivity index (χ0) is 18.7. The maximum absolute atomic E-state index is 12.7. The fourth-order valence-electron chi connectivity index (χ4n) is 3.14. The summed E-state index contributed by atoms with van der Waals surface area (Å²) in [4.78, 5) is 26.9. The van der Waals surface area contributed by atoms with E-state index >= 15 is 0 Å². The van der Waals surface area contributed by atoms with Gasteiger partial charge in [-0.25, -0.2) is 4.68 Å². The molecule has 138 valence electrons. The van der Waals surface area contributed by atoms with Gasteiger partial charge in [-0.1, -0.05) is 0 Å². The highest BCUT2D eigenvalue weighted by atomic mass is 16.5. The van der Waals surface area contributed by atoms with Crippen molar-refractivity contribution in [2.75, 3.05) is 27.3 Å². The number of carbonyl (C=O) groups excluding carboxylic acids is 1. The van der Waals surface area contributed by atoms with Gasteiger partial charge < -0.3 is 14.4 Å². The van der Waals surface area contributed by atoms with E-state index in [1.807, 2.05) is 24.3 Å². The Balaban J connectivity index is 2.00. The molecule has 1 unspecified atom stereocenters. The molecule has 0 bridgehead atoms. The van der Waals surface area contributed by atoms with Crippen LogP contribution in [-0.4, -0.2) is 47.9 Å². The smallest absolute Gasteiger partial charge is 0.271 e. The van der Waals surface area contributed by atoms with Crippen LogP contribution in [0.5, 0.6) is 11.5 Å². The third kappa shape index (κ3) is 3.42. The first-order valence-electron chi connectivity index (χ1n) is 8.66. The van der Waals surface area contributed by atoms with Crippen LogP contribution in [0.25, 0.3) is 11.3 Å². The second-order valence-corrected chi connectivity index (χ2v) is 6.28. The molecule has 0 spiro atoms. The SMILES string of the molecule is COc1ccc(-c2nn(C(C)C(=O)N3CCCC3)c(=O)cc2OC)cc1. The van der Waals surface area contributed by atoms with Gasteiger partial charge in [0.1, 0.15) is 17.5 Å². The zero-order valence-electron chi connectivity index (χ0n) is 15.3. The maximum atomic E-state index is 12.7. The van der Waals surface area contributed by atoms with Gasteiger partial charge in [-0.2, -0.15) is 5.10 Å². The number of methoxy groups -OCH3 is 2. The van der Waals surface area contributed by atoms with Crippen molar-refractivity contribution < 1.29 is 14.3 Å². The fourth-order valence-corrected chi connectivity index (χ4v) is 3.14. The highest BCUT2D eigenvalue weighted by Crippen LogP contribution is 2.28. The van der Waals surface area contributed by atoms with Crippen LogP contribution < -0.4 is 15.0 Å². The molecule has 2 aromatic rings. The molecule has 2 heterocycles. The topological polar surface area (TPSA) is 73.7 Å². The molecule has 1 atom stereocenters. The maximum Gasteiger partial charge on any atom is 0.271 e. The number of ether oxygens (including phenoxy) is 2. The molecule has 1 fully saturated rings. The van der Waals surface area contributed by atoms with Crippen molar-refractivity contribution in [2.45, 2.75) is 25.8 Å². The van der Waals surface area contributed by atoms with Crippen LogP contribution in [0.4, 0.5) is 0 Å². The summed E-state index contributed by atoms with van der Waals surface area (Å²) in [5.41, 5.74) is 0.923. The van der Waals surface area contributed by atoms with Gasteiger partial charge in [0.25, 0.3) is 5.56 Å². The van der Waals surface area contributed by atoms with Crippen LogP contribution in [0, 0.1) is 0 Å². The molecule has 1 amide bonds. The zero-order valence-corrected chi connectivity index (χ0v) is 15.3. The average Bonchev–Trinajstić information content (AvgIpc) is 3.21. The van der Waals surface area contributed by atoms with Crippen LogP contribution in [0.3, 0.4) is 0 Å². The van der Waals surface area contributed by atoms with Crippen molar-refractivity contribution in [3.05, 3.63) is 40.7 Å². The Morgan fingerprint density at radius 2 is 1.77 bits per heavy atom. The summed E-state index contributed by atoms with van der Waals surface area (Å²) in [5, 5.41) is 4.45. The van der Waals surface area contributed by atoms with Crippen LogP contribution in [0.15, 0.2) is 35.1 Å². The summed E-state index contributed by atoms with van der Waals surface area (Å²) in [6, 6.07) is 8.01. The molecule has 7 nitrogen and oxygen atoms in total. The van der Waals surface area contributed by atoms with Crippen molar-refractivity contribution in [1.82, 2.24) is 14.7 Å². The molecule has 0 aliphatic carbocycles. The highest BCUT2D eigenvalue weighted by Gasteiger charge is 2.26. The van der Waals surface area contributed by atoms with Crippen molar-refractivity contribution >= 4 is 5.91 Å². The molecule has 1 aromatic carbocycles. The third-order valence-corrected chi connectivity index (χ3v) is 4.65. The molecule has 0 radical (unpaired) electrons. The number of carbonyl (C=O) groups is 1. The predicted molar refractivity (Wildman–Crippen MR) is 97.6 cm³/mol. The predicted octanol–water partition coefficient (Wildman–Crippen LogP) is 2.11. The largest absolute Gasteiger partial charge is 0.497 e. The molecule has 0 saturated carbocycles. The number of aromatic nitrogens is 2. The minimum atomic E-state index is -0.663. The second kappa shape index (κ2) is 7.59. The minimum Gasteiger partial charge on any atom is -0.497 e. The summed E-state index contributed by atoms with van der Waals surface area (Å²) >= 11 is 0. The fraction of sp³-hybridized carbons (Fsp3) is 0.421. The Morgan fingerprint density at radius 1 is 1.12 bits per heavy atom. The summed E-state index contributed by atoms with van der Waals surface area (Å²) in [5.74, 6) is 1.01. The number of rotatable bonds is 5. The number of likely N-dealkylation sites (tertiary alicyclic amines) is 1. The molecule has 1 aliphatic heterocycles. The van der Waals surface area contributed by atoms with Gasteiger partial charge in [0.2, 0.25) is 5.91 Å². The quantitative estimate of drug-likeness (QED) is 0.819. The van der Waals surface area contributed by atoms with Crippen LogP contribution in [0.2, 0.25) is 0 Å². The molecular weight excluding hydrogens is 334 g/mol. The van der Waals surface area contributed by atoms with Crippen LogP contribution in [-0.2, 0) is 4.79 Å². The summed E-state index contributed by atoms with van der Waals surface area (Å²) in [6.07, 6.45) is 2.00. The van der Waals surface area contributed by atoms with Crippen molar-refractivity contribution in [3.63, 3.8) is 0 Å². The van der Waals surface area contributed by atoms with Gasteiger partial charge in [0, 0.05) is 24.7 Å². The van der Waals surface area contributed by atoms with Gasteiger partial charge in [0.15, 0.2) is 5.75 Å². The Kier molecular flexibility index (Phi) is 5.25. The van der Waals surface area contributed by atoms with Gasteiger partial charge >= 0.3 is 0 Å². The number of amides is 1. The van der Waals surface area contributed by atoms with Gasteiger partial charge in [-0.3, -0.25) is 9.59 Å². The molecule has 1 aromatic heterocycles. The Bertz CT molecular complexity index is 839. The van der Waals surface area contributed by atoms with Crippen molar-refractivity contribution in [3.8, 4) is 22.8 Å². The van der Waals surface area contributed by atoms with Crippen LogP contribution in [0.1, 0.15) is 25.8 Å². The number of nitrogens with zero attached hydrogens (tertiary/aromatic N) is 3. The molecule has 1 saturated heterocycles. The highest BCUT2D eigenvalue weighted by molar-refractivity contribution is 5.80. The molecule has 1 aliphatic rings. The van der Waals surface area contributed by atoms with Gasteiger partial charge in [-0.15, -0.1) is 0 Å². The molecular formula is C19H23N3O4. The number of hydrogen-bond acceptors (Lipinski definition) is 5. The first kappa shape index (κ1) is 18.0. The van der Waals surface area contributed by atoms with E-state index in [1.54, 1.807) is 18.9 Å². The van der Waals surface area contributed by atoms with Crippen LogP contribution >= 0.6 is 0 Å². The van der Waals surface area contributed by atoms with Gasteiger partial charge in [0.05, 0.1) is 14.2 Å². The van der Waals surface area contributed by atoms with E-state index in [1.165, 1.54) is 17.9 Å². The van der Waals surface area contributed by atoms with Crippen molar-refractivity contribution in [1.29, 1.82) is 0 Å². The van der Waals surface area contributed by atoms with Gasteiger partial charge in [-0.05, 0) is 44.0 Å². The lowest BCUT2D eigenvalue weighted by Gasteiger charge is -2.22. The summed E-state index contributed by atoms with van der Waals surface area (Å²) in [7, 11) is 3.09. The lowest BCUT2D eigenvalue weighted by molar-refractivity contribution is -0.133. The summed E-state index contributed by atoms with van der Waals surface area (Å²) in [6.45, 7) is 3.18. The summed E-state index contributed by atoms with van der Waals surface area (Å²) < 4.78 is 11.7. The standard InChI is InChI=1S/C19H23N3O4/c1-13(19(24)21-10-4-5-11-21)22-17(23)12-16(26-3)18(20-22)14-6-8-15(25-2)9-7-14/h6-9,12-13H,4-5,10-11H2,1-3H3. The number of benzene rings is 1. The molecule has 7 heteroatoms. The molecule has 0 N–H and O–H groups in total. The Hall–Kier alpha value is -2.83. The van der Waals surface area contributed by atoms with Crippen molar-refractivity contribution in [2.24, 2.45) is 0 Å². The Morgan fingerprint density at radius 3 is 2.35 bits per heavy atom. The second-order valence-electron chi connectivity index (χ2n) is 6.28. The van der Waals surface area contributed by atoms with E-state index in [9.17, 15) is 9.59 Å². The molecule has 26 heavy (non-hydrogen) atoms. The lowest BCUT2D eigenvalue weighted by Crippen LogP contribution is -2.38. The van der Waals surface area contributed by atoms with E-state index in [0.29, 0.717) is 11.4 Å². The Labute approximate surface area is 152 Å². The first-order valence-corrected chi connectivity index (χ1v) is 8.66. The van der Waals surface area contributed by atoms with E-state index in [4.69, 9.17) is 9.47 Å². The number of hydrogen-bond donors (Lipinski definition) is 0. The lowest BCUT2D eigenvalue weighted by atomic mass is 10.1. The average molecular weight is 357 g/mol. The van der Waals surface area contributed by atoms with E-state index in [0.717, 1.165) is 37.2 Å². The normalized spacial score (nSPS) is 15.0. The minimum absolute atomic E-state index is 0.0806.